The minimum atomic E-state index is -0.166. The van der Waals surface area contributed by atoms with Crippen molar-refractivity contribution < 1.29 is 4.39 Å². The predicted molar refractivity (Wildman–Crippen MR) is 70.1 cm³/mol. The molecule has 2 nitrogen and oxygen atoms in total. The van der Waals surface area contributed by atoms with Crippen LogP contribution in [0, 0.1) is 26.6 Å². The van der Waals surface area contributed by atoms with Crippen LogP contribution in [0.1, 0.15) is 21.1 Å². The van der Waals surface area contributed by atoms with E-state index in [1.54, 1.807) is 24.3 Å². The number of anilines is 1. The number of hydrogen-bond donors (Lipinski definition) is 1. The number of aromatic nitrogens is 1. The molecule has 0 saturated carbocycles. The largest absolute Gasteiger partial charge is 0.380 e. The molecule has 0 aliphatic carbocycles. The first kappa shape index (κ1) is 12.0. The van der Waals surface area contributed by atoms with Gasteiger partial charge in [0.05, 0.1) is 17.2 Å². The summed E-state index contributed by atoms with van der Waals surface area (Å²) >= 11 is 1.69. The maximum absolute atomic E-state index is 13.1. The van der Waals surface area contributed by atoms with E-state index in [4.69, 9.17) is 0 Å². The fourth-order valence-corrected chi connectivity index (χ4v) is 2.55. The van der Waals surface area contributed by atoms with Crippen molar-refractivity contribution in [3.63, 3.8) is 0 Å². The molecule has 2 aromatic rings. The Morgan fingerprint density at radius 2 is 2.06 bits per heavy atom. The zero-order valence-electron chi connectivity index (χ0n) is 10.2. The van der Waals surface area contributed by atoms with Crippen molar-refractivity contribution in [2.45, 2.75) is 27.3 Å². The predicted octanol–water partition coefficient (Wildman–Crippen LogP) is 3.82. The zero-order chi connectivity index (χ0) is 12.4. The summed E-state index contributed by atoms with van der Waals surface area (Å²) in [7, 11) is 0. The van der Waals surface area contributed by atoms with Gasteiger partial charge in [0.15, 0.2) is 0 Å². The maximum atomic E-state index is 13.1. The van der Waals surface area contributed by atoms with Crippen LogP contribution < -0.4 is 5.32 Å². The number of halogens is 1. The lowest BCUT2D eigenvalue weighted by molar-refractivity contribution is 0.618. The second kappa shape index (κ2) is 4.84. The summed E-state index contributed by atoms with van der Waals surface area (Å²) in [5.74, 6) is -0.166. The van der Waals surface area contributed by atoms with Crippen molar-refractivity contribution in [2.75, 3.05) is 5.32 Å². The molecule has 0 aliphatic rings. The molecule has 1 aromatic heterocycles. The van der Waals surface area contributed by atoms with E-state index >= 15 is 0 Å². The van der Waals surface area contributed by atoms with Crippen LogP contribution in [0.25, 0.3) is 0 Å². The van der Waals surface area contributed by atoms with Gasteiger partial charge in [-0.3, -0.25) is 0 Å². The van der Waals surface area contributed by atoms with E-state index < -0.39 is 0 Å². The summed E-state index contributed by atoms with van der Waals surface area (Å²) < 4.78 is 13.1. The minimum Gasteiger partial charge on any atom is -0.380 e. The molecule has 0 atom stereocenters. The van der Waals surface area contributed by atoms with Gasteiger partial charge in [0.2, 0.25) is 0 Å². The second-order valence-electron chi connectivity index (χ2n) is 4.06. The lowest BCUT2D eigenvalue weighted by Gasteiger charge is -2.06. The van der Waals surface area contributed by atoms with E-state index in [9.17, 15) is 4.39 Å². The fourth-order valence-electron chi connectivity index (χ4n) is 1.67. The third-order valence-corrected chi connectivity index (χ3v) is 3.68. The Morgan fingerprint density at radius 1 is 1.29 bits per heavy atom. The molecule has 0 aliphatic heterocycles. The van der Waals surface area contributed by atoms with Crippen molar-refractivity contribution >= 4 is 17.0 Å². The van der Waals surface area contributed by atoms with E-state index in [0.717, 1.165) is 22.9 Å². The highest BCUT2D eigenvalue weighted by Gasteiger charge is 2.05. The van der Waals surface area contributed by atoms with Gasteiger partial charge in [-0.1, -0.05) is 0 Å². The molecular weight excluding hydrogens is 235 g/mol. The van der Waals surface area contributed by atoms with Crippen LogP contribution in [0.2, 0.25) is 0 Å². The number of thiazole rings is 1. The summed E-state index contributed by atoms with van der Waals surface area (Å²) in [5, 5.41) is 4.37. The van der Waals surface area contributed by atoms with Crippen LogP contribution in [0.3, 0.4) is 0 Å². The zero-order valence-corrected chi connectivity index (χ0v) is 11.0. The van der Waals surface area contributed by atoms with Crippen molar-refractivity contribution in [3.8, 4) is 0 Å². The summed E-state index contributed by atoms with van der Waals surface area (Å²) in [5.41, 5.74) is 2.67. The Balaban J connectivity index is 2.07. The van der Waals surface area contributed by atoms with E-state index in [1.165, 1.54) is 10.9 Å². The van der Waals surface area contributed by atoms with Crippen molar-refractivity contribution in [3.05, 3.63) is 45.2 Å². The van der Waals surface area contributed by atoms with Crippen molar-refractivity contribution in [1.82, 2.24) is 4.98 Å². The fraction of sp³-hybridized carbons (Fsp3) is 0.308. The van der Waals surface area contributed by atoms with E-state index in [1.807, 2.05) is 19.9 Å². The first-order chi connectivity index (χ1) is 8.06. The standard InChI is InChI=1S/C13H15FN2S/c1-8-6-11(4-5-12(8)14)15-7-13-9(2)16-10(3)17-13/h4-6,15H,7H2,1-3H3. The topological polar surface area (TPSA) is 24.9 Å². The number of aryl methyl sites for hydroxylation is 3. The average molecular weight is 250 g/mol. The first-order valence-corrected chi connectivity index (χ1v) is 6.31. The van der Waals surface area contributed by atoms with Gasteiger partial charge in [0, 0.05) is 10.6 Å². The van der Waals surface area contributed by atoms with Gasteiger partial charge in [-0.25, -0.2) is 9.37 Å². The monoisotopic (exact) mass is 250 g/mol. The molecule has 0 fully saturated rings. The van der Waals surface area contributed by atoms with Crippen LogP contribution >= 0.6 is 11.3 Å². The minimum absolute atomic E-state index is 0.166. The number of nitrogens with zero attached hydrogens (tertiary/aromatic N) is 1. The van der Waals surface area contributed by atoms with Gasteiger partial charge in [-0.05, 0) is 44.5 Å². The second-order valence-corrected chi connectivity index (χ2v) is 5.35. The molecule has 1 N–H and O–H groups in total. The van der Waals surface area contributed by atoms with E-state index in [-0.39, 0.29) is 5.82 Å². The Kier molecular flexibility index (Phi) is 3.43. The van der Waals surface area contributed by atoms with Gasteiger partial charge in [-0.2, -0.15) is 0 Å². The van der Waals surface area contributed by atoms with Crippen LogP contribution in [0.4, 0.5) is 10.1 Å². The molecule has 1 aromatic carbocycles. The molecule has 17 heavy (non-hydrogen) atoms. The Bertz CT molecular complexity index is 534. The van der Waals surface area contributed by atoms with Crippen LogP contribution in [-0.2, 0) is 6.54 Å². The molecule has 0 bridgehead atoms. The molecule has 0 amide bonds. The summed E-state index contributed by atoms with van der Waals surface area (Å²) in [6.07, 6.45) is 0. The summed E-state index contributed by atoms with van der Waals surface area (Å²) in [6, 6.07) is 5.06. The highest BCUT2D eigenvalue weighted by atomic mass is 32.1. The third-order valence-electron chi connectivity index (χ3n) is 2.61. The van der Waals surface area contributed by atoms with Crippen LogP contribution in [0.15, 0.2) is 18.2 Å². The van der Waals surface area contributed by atoms with E-state index in [2.05, 4.69) is 10.3 Å². The van der Waals surface area contributed by atoms with Crippen LogP contribution in [0.5, 0.6) is 0 Å². The Hall–Kier alpha value is -1.42. The van der Waals surface area contributed by atoms with Gasteiger partial charge >= 0.3 is 0 Å². The summed E-state index contributed by atoms with van der Waals surface area (Å²) in [4.78, 5) is 5.60. The molecular formula is C13H15FN2S. The quantitative estimate of drug-likeness (QED) is 0.895. The number of rotatable bonds is 3. The van der Waals surface area contributed by atoms with E-state index in [0.29, 0.717) is 5.56 Å². The third kappa shape index (κ3) is 2.82. The number of nitrogens with one attached hydrogen (secondary N) is 1. The van der Waals surface area contributed by atoms with Crippen molar-refractivity contribution in [1.29, 1.82) is 0 Å². The molecule has 0 spiro atoms. The lowest BCUT2D eigenvalue weighted by Crippen LogP contribution is -1.99. The highest BCUT2D eigenvalue weighted by molar-refractivity contribution is 7.11. The lowest BCUT2D eigenvalue weighted by atomic mass is 10.2. The number of benzene rings is 1. The SMILES string of the molecule is Cc1nc(C)c(CNc2ccc(F)c(C)c2)s1. The number of hydrogen-bond acceptors (Lipinski definition) is 3. The van der Waals surface area contributed by atoms with Gasteiger partial charge in [-0.15, -0.1) is 11.3 Å². The highest BCUT2D eigenvalue weighted by Crippen LogP contribution is 2.20. The summed E-state index contributed by atoms with van der Waals surface area (Å²) in [6.45, 7) is 6.52. The Labute approximate surface area is 105 Å². The molecule has 1 heterocycles. The molecule has 0 saturated heterocycles. The van der Waals surface area contributed by atoms with Crippen molar-refractivity contribution in [2.24, 2.45) is 0 Å². The molecule has 4 heteroatoms. The molecule has 0 unspecified atom stereocenters. The maximum Gasteiger partial charge on any atom is 0.126 e. The van der Waals surface area contributed by atoms with Gasteiger partial charge in [0.1, 0.15) is 5.82 Å². The van der Waals surface area contributed by atoms with Gasteiger partial charge in [0.25, 0.3) is 0 Å². The average Bonchev–Trinajstić information content (AvgIpc) is 2.59. The molecule has 90 valence electrons. The first-order valence-electron chi connectivity index (χ1n) is 5.49. The molecule has 2 rings (SSSR count). The smallest absolute Gasteiger partial charge is 0.126 e. The normalized spacial score (nSPS) is 10.6. The molecule has 0 radical (unpaired) electrons. The Morgan fingerprint density at radius 3 is 2.65 bits per heavy atom. The van der Waals surface area contributed by atoms with Gasteiger partial charge < -0.3 is 5.32 Å². The van der Waals surface area contributed by atoms with Crippen LogP contribution in [-0.4, -0.2) is 4.98 Å².